The standard InChI is InChI=1S/C16H23N3O5/c1-2-3-4-7-10-17-13(16(21)22)11-15(20)18-12-8-5-6-9-14(12)19(23)24/h5-6,8-9,13,17H,2-4,7,10-11H2,1H3,(H,18,20)(H,21,22). The van der Waals surface area contributed by atoms with Crippen molar-refractivity contribution in [2.24, 2.45) is 0 Å². The Labute approximate surface area is 140 Å². The molecule has 0 heterocycles. The second kappa shape index (κ2) is 10.3. The number of nitrogens with zero attached hydrogens (tertiary/aromatic N) is 1. The number of carboxylic acid groups (broad SMARTS) is 1. The van der Waals surface area contributed by atoms with Crippen molar-refractivity contribution in [1.29, 1.82) is 0 Å². The molecule has 132 valence electrons. The van der Waals surface area contributed by atoms with E-state index < -0.39 is 22.8 Å². The van der Waals surface area contributed by atoms with E-state index in [0.717, 1.165) is 25.7 Å². The lowest BCUT2D eigenvalue weighted by atomic mass is 10.1. The number of para-hydroxylation sites is 2. The van der Waals surface area contributed by atoms with Crippen LogP contribution in [0.3, 0.4) is 0 Å². The van der Waals surface area contributed by atoms with Crippen molar-refractivity contribution in [1.82, 2.24) is 5.32 Å². The third-order valence-electron chi connectivity index (χ3n) is 3.48. The number of hydrogen-bond donors (Lipinski definition) is 3. The number of nitro groups is 1. The lowest BCUT2D eigenvalue weighted by molar-refractivity contribution is -0.383. The zero-order chi connectivity index (χ0) is 17.9. The fourth-order valence-corrected chi connectivity index (χ4v) is 2.20. The van der Waals surface area contributed by atoms with Crippen molar-refractivity contribution in [3.05, 3.63) is 34.4 Å². The van der Waals surface area contributed by atoms with Crippen LogP contribution in [0.25, 0.3) is 0 Å². The van der Waals surface area contributed by atoms with Crippen LogP contribution in [-0.2, 0) is 9.59 Å². The van der Waals surface area contributed by atoms with Gasteiger partial charge < -0.3 is 15.7 Å². The van der Waals surface area contributed by atoms with Crippen molar-refractivity contribution in [2.75, 3.05) is 11.9 Å². The number of benzene rings is 1. The van der Waals surface area contributed by atoms with Crippen LogP contribution in [0.15, 0.2) is 24.3 Å². The minimum atomic E-state index is -1.12. The molecule has 0 radical (unpaired) electrons. The maximum atomic E-state index is 12.0. The fourth-order valence-electron chi connectivity index (χ4n) is 2.20. The number of rotatable bonds is 11. The molecule has 0 aliphatic heterocycles. The van der Waals surface area contributed by atoms with E-state index in [9.17, 15) is 24.8 Å². The van der Waals surface area contributed by atoms with Crippen LogP contribution in [0.4, 0.5) is 11.4 Å². The lowest BCUT2D eigenvalue weighted by Crippen LogP contribution is -2.40. The van der Waals surface area contributed by atoms with E-state index in [-0.39, 0.29) is 17.8 Å². The van der Waals surface area contributed by atoms with Gasteiger partial charge in [-0.25, -0.2) is 0 Å². The van der Waals surface area contributed by atoms with Gasteiger partial charge in [0.1, 0.15) is 11.7 Å². The molecule has 0 aromatic heterocycles. The van der Waals surface area contributed by atoms with Gasteiger partial charge in [-0.15, -0.1) is 0 Å². The van der Waals surface area contributed by atoms with Crippen molar-refractivity contribution < 1.29 is 19.6 Å². The van der Waals surface area contributed by atoms with E-state index >= 15 is 0 Å². The Morgan fingerprint density at radius 3 is 2.58 bits per heavy atom. The molecule has 0 aliphatic carbocycles. The van der Waals surface area contributed by atoms with Crippen LogP contribution in [0.2, 0.25) is 0 Å². The third-order valence-corrected chi connectivity index (χ3v) is 3.48. The Kier molecular flexibility index (Phi) is 8.42. The molecule has 3 N–H and O–H groups in total. The number of nitrogens with one attached hydrogen (secondary N) is 2. The Morgan fingerprint density at radius 2 is 1.96 bits per heavy atom. The maximum absolute atomic E-state index is 12.0. The summed E-state index contributed by atoms with van der Waals surface area (Å²) in [5, 5.41) is 25.3. The number of anilines is 1. The lowest BCUT2D eigenvalue weighted by Gasteiger charge is -2.14. The summed E-state index contributed by atoms with van der Waals surface area (Å²) in [6, 6.07) is 4.71. The van der Waals surface area contributed by atoms with E-state index in [1.165, 1.54) is 18.2 Å². The summed E-state index contributed by atoms with van der Waals surface area (Å²) < 4.78 is 0. The average Bonchev–Trinajstić information content (AvgIpc) is 2.53. The van der Waals surface area contributed by atoms with Gasteiger partial charge in [0, 0.05) is 6.07 Å². The molecule has 0 saturated heterocycles. The maximum Gasteiger partial charge on any atom is 0.321 e. The first kappa shape index (κ1) is 19.6. The fraction of sp³-hybridized carbons (Fsp3) is 0.500. The molecule has 0 aliphatic rings. The van der Waals surface area contributed by atoms with Crippen molar-refractivity contribution in [2.45, 2.75) is 45.1 Å². The summed E-state index contributed by atoms with van der Waals surface area (Å²) in [5.74, 6) is -1.71. The van der Waals surface area contributed by atoms with E-state index in [4.69, 9.17) is 0 Å². The molecular formula is C16H23N3O5. The number of amides is 1. The predicted molar refractivity (Wildman–Crippen MR) is 89.9 cm³/mol. The minimum Gasteiger partial charge on any atom is -0.480 e. The number of carbonyl (C=O) groups is 2. The van der Waals surface area contributed by atoms with Gasteiger partial charge in [-0.05, 0) is 19.0 Å². The minimum absolute atomic E-state index is 0.0552. The molecule has 0 spiro atoms. The molecule has 1 rings (SSSR count). The highest BCUT2D eigenvalue weighted by Crippen LogP contribution is 2.23. The first-order valence-electron chi connectivity index (χ1n) is 7.95. The monoisotopic (exact) mass is 337 g/mol. The molecule has 0 bridgehead atoms. The summed E-state index contributed by atoms with van der Waals surface area (Å²) in [6.07, 6.45) is 3.70. The molecular weight excluding hydrogens is 314 g/mol. The van der Waals surface area contributed by atoms with Gasteiger partial charge >= 0.3 is 5.97 Å². The molecule has 1 amide bonds. The molecule has 8 heteroatoms. The molecule has 1 aromatic carbocycles. The molecule has 0 saturated carbocycles. The first-order chi connectivity index (χ1) is 11.5. The van der Waals surface area contributed by atoms with Crippen molar-refractivity contribution in [3.8, 4) is 0 Å². The molecule has 1 aromatic rings. The van der Waals surface area contributed by atoms with Crippen LogP contribution >= 0.6 is 0 Å². The van der Waals surface area contributed by atoms with Gasteiger partial charge in [0.15, 0.2) is 0 Å². The van der Waals surface area contributed by atoms with Gasteiger partial charge in [0.05, 0.1) is 11.3 Å². The summed E-state index contributed by atoms with van der Waals surface area (Å²) in [7, 11) is 0. The average molecular weight is 337 g/mol. The zero-order valence-electron chi connectivity index (χ0n) is 13.7. The van der Waals surface area contributed by atoms with Gasteiger partial charge in [-0.2, -0.15) is 0 Å². The molecule has 24 heavy (non-hydrogen) atoms. The number of carbonyl (C=O) groups excluding carboxylic acids is 1. The summed E-state index contributed by atoms with van der Waals surface area (Å²) >= 11 is 0. The molecule has 1 unspecified atom stereocenters. The largest absolute Gasteiger partial charge is 0.480 e. The van der Waals surface area contributed by atoms with Gasteiger partial charge in [0.2, 0.25) is 5.91 Å². The quantitative estimate of drug-likeness (QED) is 0.324. The molecule has 1 atom stereocenters. The number of aliphatic carboxylic acids is 1. The predicted octanol–water partition coefficient (Wildman–Crippen LogP) is 2.55. The van der Waals surface area contributed by atoms with Crippen molar-refractivity contribution in [3.63, 3.8) is 0 Å². The summed E-state index contributed by atoms with van der Waals surface area (Å²) in [5.41, 5.74) is -0.176. The van der Waals surface area contributed by atoms with E-state index in [1.54, 1.807) is 6.07 Å². The van der Waals surface area contributed by atoms with E-state index in [0.29, 0.717) is 6.54 Å². The SMILES string of the molecule is CCCCCCNC(CC(=O)Nc1ccccc1[N+](=O)[O-])C(=O)O. The van der Waals surface area contributed by atoms with Gasteiger partial charge in [0.25, 0.3) is 5.69 Å². The molecule has 8 nitrogen and oxygen atoms in total. The zero-order valence-corrected chi connectivity index (χ0v) is 13.7. The van der Waals surface area contributed by atoms with Crippen LogP contribution in [-0.4, -0.2) is 34.5 Å². The van der Waals surface area contributed by atoms with Crippen LogP contribution in [0.1, 0.15) is 39.0 Å². The Balaban J connectivity index is 2.57. The summed E-state index contributed by atoms with van der Waals surface area (Å²) in [6.45, 7) is 2.59. The van der Waals surface area contributed by atoms with Crippen molar-refractivity contribution >= 4 is 23.3 Å². The molecule has 0 fully saturated rings. The van der Waals surface area contributed by atoms with Crippen LogP contribution < -0.4 is 10.6 Å². The third kappa shape index (κ3) is 6.74. The van der Waals surface area contributed by atoms with E-state index in [2.05, 4.69) is 17.6 Å². The smallest absolute Gasteiger partial charge is 0.321 e. The first-order valence-corrected chi connectivity index (χ1v) is 7.95. The number of hydrogen-bond acceptors (Lipinski definition) is 5. The van der Waals surface area contributed by atoms with Gasteiger partial charge in [-0.1, -0.05) is 38.3 Å². The van der Waals surface area contributed by atoms with Crippen LogP contribution in [0, 0.1) is 10.1 Å². The Morgan fingerprint density at radius 1 is 1.25 bits per heavy atom. The number of unbranched alkanes of at least 4 members (excludes halogenated alkanes) is 3. The highest BCUT2D eigenvalue weighted by molar-refractivity contribution is 5.95. The Bertz CT molecular complexity index is 577. The van der Waals surface area contributed by atoms with E-state index in [1.807, 2.05) is 0 Å². The number of carboxylic acids is 1. The Hall–Kier alpha value is -2.48. The highest BCUT2D eigenvalue weighted by atomic mass is 16.6. The topological polar surface area (TPSA) is 122 Å². The number of nitro benzene ring substituents is 1. The second-order valence-electron chi connectivity index (χ2n) is 5.43. The van der Waals surface area contributed by atoms with Crippen LogP contribution in [0.5, 0.6) is 0 Å². The normalized spacial score (nSPS) is 11.7. The highest BCUT2D eigenvalue weighted by Gasteiger charge is 2.22. The summed E-state index contributed by atoms with van der Waals surface area (Å²) in [4.78, 5) is 33.5. The second-order valence-corrected chi connectivity index (χ2v) is 5.43. The van der Waals surface area contributed by atoms with Gasteiger partial charge in [-0.3, -0.25) is 19.7 Å².